The molecule has 0 fully saturated rings. The van der Waals surface area contributed by atoms with Crippen molar-refractivity contribution in [1.29, 1.82) is 0 Å². The summed E-state index contributed by atoms with van der Waals surface area (Å²) in [6.07, 6.45) is 0. The highest BCUT2D eigenvalue weighted by molar-refractivity contribution is 6.24. The highest BCUT2D eigenvalue weighted by atomic mass is 16.3. The maximum atomic E-state index is 6.30. The van der Waals surface area contributed by atoms with Gasteiger partial charge in [0.15, 0.2) is 5.82 Å². The van der Waals surface area contributed by atoms with Crippen LogP contribution in [0.2, 0.25) is 0 Å². The van der Waals surface area contributed by atoms with E-state index in [0.717, 1.165) is 71.8 Å². The quantitative estimate of drug-likeness (QED) is 0.210. The Balaban J connectivity index is 1.23. The molecule has 0 unspecified atom stereocenters. The molecule has 0 aliphatic heterocycles. The molecule has 210 valence electrons. The van der Waals surface area contributed by atoms with Crippen LogP contribution in [0, 0.1) is 0 Å². The molecule has 0 amide bonds. The normalized spacial score (nSPS) is 12.0. The van der Waals surface area contributed by atoms with Crippen LogP contribution >= 0.6 is 0 Å². The van der Waals surface area contributed by atoms with Gasteiger partial charge >= 0.3 is 0 Å². The Hall–Kier alpha value is -6.20. The molecule has 5 nitrogen and oxygen atoms in total. The second-order valence-corrected chi connectivity index (χ2v) is 11.4. The van der Waals surface area contributed by atoms with E-state index >= 15 is 0 Å². The van der Waals surface area contributed by atoms with Crippen LogP contribution in [0.15, 0.2) is 148 Å². The number of nitrogens with zero attached hydrogens (tertiary/aromatic N) is 3. The van der Waals surface area contributed by atoms with Crippen molar-refractivity contribution in [2.45, 2.75) is 0 Å². The average molecular weight is 578 g/mol. The Kier molecular flexibility index (Phi) is 4.93. The minimum atomic E-state index is 0.584. The third-order valence-electron chi connectivity index (χ3n) is 8.84. The standard InChI is InChI=1S/C40H23N3O2/c1-2-10-25(11-3-1)39-41-37(36-30-14-6-9-17-33(30)45-40(36)42-39)24-18-20-26(21-19-24)43-31-15-7-4-12-27(31)28-22-23-34-35(38(28)43)29-13-5-8-16-32(29)44-34/h1-23H. The molecule has 10 rings (SSSR count). The van der Waals surface area contributed by atoms with Gasteiger partial charge in [0.1, 0.15) is 16.7 Å². The SMILES string of the molecule is c1ccc(-c2nc(-c3ccc(-n4c5ccccc5c5ccc6oc7ccccc7c6c54)cc3)c3c(n2)oc2ccccc23)cc1. The monoisotopic (exact) mass is 577 g/mol. The van der Waals surface area contributed by atoms with Gasteiger partial charge in [0.05, 0.1) is 27.5 Å². The molecule has 0 spiro atoms. The summed E-state index contributed by atoms with van der Waals surface area (Å²) in [6, 6.07) is 47.9. The molecule has 4 aromatic heterocycles. The number of hydrogen-bond donors (Lipinski definition) is 0. The van der Waals surface area contributed by atoms with E-state index in [1.807, 2.05) is 60.7 Å². The van der Waals surface area contributed by atoms with Gasteiger partial charge in [-0.25, -0.2) is 4.98 Å². The molecule has 0 bridgehead atoms. The molecule has 0 radical (unpaired) electrons. The third kappa shape index (κ3) is 3.49. The van der Waals surface area contributed by atoms with Crippen molar-refractivity contribution < 1.29 is 8.83 Å². The summed E-state index contributed by atoms with van der Waals surface area (Å²) < 4.78 is 14.9. The fourth-order valence-corrected chi connectivity index (χ4v) is 6.85. The van der Waals surface area contributed by atoms with Gasteiger partial charge < -0.3 is 13.4 Å². The topological polar surface area (TPSA) is 57.0 Å². The van der Waals surface area contributed by atoms with Crippen molar-refractivity contribution in [3.8, 4) is 28.3 Å². The van der Waals surface area contributed by atoms with Crippen LogP contribution in [0.5, 0.6) is 0 Å². The van der Waals surface area contributed by atoms with Crippen LogP contribution in [0.1, 0.15) is 0 Å². The lowest BCUT2D eigenvalue weighted by Gasteiger charge is -2.11. The Labute approximate surface area is 256 Å². The molecule has 0 atom stereocenters. The van der Waals surface area contributed by atoms with Crippen molar-refractivity contribution in [3.05, 3.63) is 140 Å². The summed E-state index contributed by atoms with van der Waals surface area (Å²) in [4.78, 5) is 9.99. The van der Waals surface area contributed by atoms with E-state index in [4.69, 9.17) is 18.8 Å². The van der Waals surface area contributed by atoms with Crippen molar-refractivity contribution >= 4 is 65.8 Å². The summed E-state index contributed by atoms with van der Waals surface area (Å²) in [7, 11) is 0. The predicted octanol–water partition coefficient (Wildman–Crippen LogP) is 10.7. The first-order valence-corrected chi connectivity index (χ1v) is 15.0. The lowest BCUT2D eigenvalue weighted by atomic mass is 10.0. The largest absolute Gasteiger partial charge is 0.456 e. The molecule has 5 heteroatoms. The Morgan fingerprint density at radius 3 is 1.91 bits per heavy atom. The Morgan fingerprint density at radius 2 is 1.11 bits per heavy atom. The van der Waals surface area contributed by atoms with Crippen molar-refractivity contribution in [2.75, 3.05) is 0 Å². The van der Waals surface area contributed by atoms with Gasteiger partial charge in [-0.05, 0) is 42.5 Å². The zero-order valence-corrected chi connectivity index (χ0v) is 23.9. The number of para-hydroxylation sites is 3. The second kappa shape index (κ2) is 9.15. The molecule has 4 heterocycles. The van der Waals surface area contributed by atoms with E-state index < -0.39 is 0 Å². The van der Waals surface area contributed by atoms with Gasteiger partial charge in [-0.3, -0.25) is 0 Å². The second-order valence-electron chi connectivity index (χ2n) is 11.4. The molecule has 0 saturated carbocycles. The summed E-state index contributed by atoms with van der Waals surface area (Å²) >= 11 is 0. The fourth-order valence-electron chi connectivity index (χ4n) is 6.85. The van der Waals surface area contributed by atoms with Gasteiger partial charge in [-0.2, -0.15) is 4.98 Å². The molecule has 45 heavy (non-hydrogen) atoms. The number of fused-ring (bicyclic) bond motifs is 10. The van der Waals surface area contributed by atoms with Crippen molar-refractivity contribution in [3.63, 3.8) is 0 Å². The first-order valence-electron chi connectivity index (χ1n) is 15.0. The van der Waals surface area contributed by atoms with Gasteiger partial charge in [-0.15, -0.1) is 0 Å². The molecule has 0 aliphatic rings. The summed E-state index contributed by atoms with van der Waals surface area (Å²) in [5.74, 6) is 0.637. The zero-order chi connectivity index (χ0) is 29.5. The van der Waals surface area contributed by atoms with E-state index in [9.17, 15) is 0 Å². The van der Waals surface area contributed by atoms with Crippen LogP contribution in [0.4, 0.5) is 0 Å². The number of furan rings is 2. The lowest BCUT2D eigenvalue weighted by Crippen LogP contribution is -1.96. The minimum absolute atomic E-state index is 0.584. The third-order valence-corrected chi connectivity index (χ3v) is 8.84. The van der Waals surface area contributed by atoms with E-state index in [1.54, 1.807) is 0 Å². The van der Waals surface area contributed by atoms with Crippen LogP contribution in [0.25, 0.3) is 94.1 Å². The maximum absolute atomic E-state index is 6.30. The minimum Gasteiger partial charge on any atom is -0.456 e. The first-order chi connectivity index (χ1) is 22.3. The van der Waals surface area contributed by atoms with Crippen LogP contribution < -0.4 is 0 Å². The summed E-state index contributed by atoms with van der Waals surface area (Å²) in [6.45, 7) is 0. The van der Waals surface area contributed by atoms with Gasteiger partial charge in [-0.1, -0.05) is 97.1 Å². The maximum Gasteiger partial charge on any atom is 0.231 e. The number of hydrogen-bond acceptors (Lipinski definition) is 4. The van der Waals surface area contributed by atoms with E-state index in [-0.39, 0.29) is 0 Å². The molecule has 0 aliphatic carbocycles. The van der Waals surface area contributed by atoms with Gasteiger partial charge in [0.2, 0.25) is 5.71 Å². The summed E-state index contributed by atoms with van der Waals surface area (Å²) in [5, 5.41) is 6.56. The van der Waals surface area contributed by atoms with E-state index in [1.165, 1.54) is 10.8 Å². The predicted molar refractivity (Wildman–Crippen MR) is 182 cm³/mol. The Bertz CT molecular complexity index is 2750. The van der Waals surface area contributed by atoms with Crippen molar-refractivity contribution in [1.82, 2.24) is 14.5 Å². The van der Waals surface area contributed by atoms with Gasteiger partial charge in [0, 0.05) is 38.4 Å². The summed E-state index contributed by atoms with van der Waals surface area (Å²) in [5.41, 5.74) is 9.29. The fraction of sp³-hybridized carbons (Fsp3) is 0. The van der Waals surface area contributed by atoms with E-state index in [0.29, 0.717) is 11.5 Å². The van der Waals surface area contributed by atoms with Crippen LogP contribution in [-0.2, 0) is 0 Å². The molecule has 6 aromatic carbocycles. The van der Waals surface area contributed by atoms with Crippen molar-refractivity contribution in [2.24, 2.45) is 0 Å². The molecular formula is C40H23N3O2. The van der Waals surface area contributed by atoms with Gasteiger partial charge in [0.25, 0.3) is 0 Å². The van der Waals surface area contributed by atoms with Crippen LogP contribution in [0.3, 0.4) is 0 Å². The highest BCUT2D eigenvalue weighted by Crippen LogP contribution is 2.41. The van der Waals surface area contributed by atoms with Crippen LogP contribution in [-0.4, -0.2) is 14.5 Å². The smallest absolute Gasteiger partial charge is 0.231 e. The number of aromatic nitrogens is 3. The number of rotatable bonds is 3. The molecule has 0 saturated heterocycles. The first kappa shape index (κ1) is 24.3. The lowest BCUT2D eigenvalue weighted by molar-refractivity contribution is 0.653. The highest BCUT2D eigenvalue weighted by Gasteiger charge is 2.21. The molecule has 0 N–H and O–H groups in total. The average Bonchev–Trinajstić information content (AvgIpc) is 3.77. The Morgan fingerprint density at radius 1 is 0.444 bits per heavy atom. The van der Waals surface area contributed by atoms with E-state index in [2.05, 4.69) is 83.4 Å². The zero-order valence-electron chi connectivity index (χ0n) is 23.9. The molecular weight excluding hydrogens is 554 g/mol. The molecule has 10 aromatic rings. The number of benzene rings is 6.